The number of nitrogens with zero attached hydrogens (tertiary/aromatic N) is 6. The summed E-state index contributed by atoms with van der Waals surface area (Å²) in [5, 5.41) is 11.1. The van der Waals surface area contributed by atoms with Crippen molar-refractivity contribution < 1.29 is 22.4 Å². The number of benzene rings is 1. The van der Waals surface area contributed by atoms with Crippen molar-refractivity contribution >= 4 is 11.7 Å². The zero-order valence-corrected chi connectivity index (χ0v) is 17.2. The second-order valence-corrected chi connectivity index (χ2v) is 8.19. The molecule has 3 fully saturated rings. The van der Waals surface area contributed by atoms with Gasteiger partial charge in [0.05, 0.1) is 36.4 Å². The molecule has 1 saturated carbocycles. The van der Waals surface area contributed by atoms with E-state index in [1.165, 1.54) is 30.6 Å². The molecule has 172 valence electrons. The first kappa shape index (κ1) is 21.3. The summed E-state index contributed by atoms with van der Waals surface area (Å²) in [6, 6.07) is 3.80. The molecule has 6 rings (SSSR count). The summed E-state index contributed by atoms with van der Waals surface area (Å²) in [6.07, 6.45) is 2.35. The van der Waals surface area contributed by atoms with E-state index in [2.05, 4.69) is 25.5 Å². The number of carbonyl (C=O) groups excluding carboxylic acids is 1. The van der Waals surface area contributed by atoms with Crippen LogP contribution in [0.15, 0.2) is 43.0 Å². The van der Waals surface area contributed by atoms with Gasteiger partial charge in [0.1, 0.15) is 11.5 Å². The third-order valence-corrected chi connectivity index (χ3v) is 6.15. The van der Waals surface area contributed by atoms with Crippen molar-refractivity contribution in [1.82, 2.24) is 29.9 Å². The number of hydrogen-bond donors (Lipinski definition) is 1. The van der Waals surface area contributed by atoms with E-state index in [0.717, 1.165) is 23.8 Å². The molecule has 2 saturated heterocycles. The Hall–Kier alpha value is -3.57. The van der Waals surface area contributed by atoms with Crippen LogP contribution in [0.4, 0.5) is 23.4 Å². The van der Waals surface area contributed by atoms with Crippen LogP contribution < -0.4 is 5.32 Å². The molecular weight excluding hydrogens is 442 g/mol. The van der Waals surface area contributed by atoms with Gasteiger partial charge in [0.2, 0.25) is 0 Å². The molecule has 1 N–H and O–H groups in total. The average molecular weight is 461 g/mol. The van der Waals surface area contributed by atoms with Crippen molar-refractivity contribution in [1.29, 1.82) is 0 Å². The van der Waals surface area contributed by atoms with Crippen molar-refractivity contribution in [2.75, 3.05) is 11.9 Å². The number of anilines is 1. The van der Waals surface area contributed by atoms with Crippen molar-refractivity contribution in [2.45, 2.75) is 37.5 Å². The highest BCUT2D eigenvalue weighted by Crippen LogP contribution is 2.38. The maximum atomic E-state index is 14.6. The van der Waals surface area contributed by atoms with Gasteiger partial charge in [0.15, 0.2) is 11.5 Å². The van der Waals surface area contributed by atoms with Gasteiger partial charge in [-0.1, -0.05) is 6.07 Å². The zero-order valence-electron chi connectivity index (χ0n) is 17.2. The van der Waals surface area contributed by atoms with Gasteiger partial charge in [0.25, 0.3) is 5.91 Å². The summed E-state index contributed by atoms with van der Waals surface area (Å²) in [7, 11) is 0. The Morgan fingerprint density at radius 2 is 1.88 bits per heavy atom. The van der Waals surface area contributed by atoms with E-state index in [-0.39, 0.29) is 41.0 Å². The highest BCUT2D eigenvalue weighted by atomic mass is 19.4. The number of hydrogen-bond acceptors (Lipinski definition) is 6. The normalized spacial score (nSPS) is 22.4. The van der Waals surface area contributed by atoms with Crippen LogP contribution in [0.5, 0.6) is 0 Å². The third-order valence-electron chi connectivity index (χ3n) is 6.15. The molecule has 33 heavy (non-hydrogen) atoms. The monoisotopic (exact) mass is 461 g/mol. The number of carbonyl (C=O) groups is 1. The predicted molar refractivity (Wildman–Crippen MR) is 108 cm³/mol. The Labute approximate surface area is 185 Å². The molecule has 12 heteroatoms. The SMILES string of the molecule is O=C(c1cccc(F)c1-n1nccn1)N1CC2CC[C@@H]1C(Nc1cnc(C(F)(F)F)cn1)C2. The van der Waals surface area contributed by atoms with E-state index >= 15 is 0 Å². The quantitative estimate of drug-likeness (QED) is 0.600. The molecule has 2 bridgehead atoms. The number of amides is 1. The van der Waals surface area contributed by atoms with Gasteiger partial charge in [-0.3, -0.25) is 4.79 Å². The fourth-order valence-electron chi connectivity index (χ4n) is 4.70. The molecule has 1 aromatic carbocycles. The predicted octanol–water partition coefficient (Wildman–Crippen LogP) is 3.32. The van der Waals surface area contributed by atoms with Gasteiger partial charge in [-0.2, -0.15) is 23.4 Å². The Kier molecular flexibility index (Phi) is 5.22. The molecule has 4 heterocycles. The summed E-state index contributed by atoms with van der Waals surface area (Å²) in [4.78, 5) is 23.6. The maximum absolute atomic E-state index is 14.6. The summed E-state index contributed by atoms with van der Waals surface area (Å²) < 4.78 is 52.9. The van der Waals surface area contributed by atoms with Crippen molar-refractivity contribution in [3.05, 3.63) is 60.1 Å². The van der Waals surface area contributed by atoms with Crippen LogP contribution in [0.2, 0.25) is 0 Å². The van der Waals surface area contributed by atoms with Gasteiger partial charge >= 0.3 is 6.18 Å². The van der Waals surface area contributed by atoms with E-state index in [1.54, 1.807) is 4.90 Å². The number of halogens is 4. The summed E-state index contributed by atoms with van der Waals surface area (Å²) in [5.74, 6) is -0.547. The van der Waals surface area contributed by atoms with Crippen molar-refractivity contribution in [3.63, 3.8) is 0 Å². The lowest BCUT2D eigenvalue weighted by Gasteiger charge is -2.50. The van der Waals surface area contributed by atoms with Crippen LogP contribution in [0.1, 0.15) is 35.3 Å². The number of fused-ring (bicyclic) bond motifs is 3. The second kappa shape index (κ2) is 8.09. The van der Waals surface area contributed by atoms with Gasteiger partial charge in [-0.25, -0.2) is 14.4 Å². The maximum Gasteiger partial charge on any atom is 0.434 e. The number of para-hydroxylation sites is 1. The number of alkyl halides is 3. The molecular formula is C21H19F4N7O. The molecule has 2 aromatic heterocycles. The number of rotatable bonds is 4. The summed E-state index contributed by atoms with van der Waals surface area (Å²) in [6.45, 7) is 0.517. The molecule has 3 aliphatic rings. The lowest BCUT2D eigenvalue weighted by molar-refractivity contribution is -0.141. The highest BCUT2D eigenvalue weighted by molar-refractivity contribution is 5.98. The van der Waals surface area contributed by atoms with E-state index in [4.69, 9.17) is 0 Å². The topological polar surface area (TPSA) is 88.8 Å². The Bertz CT molecular complexity index is 1150. The largest absolute Gasteiger partial charge is 0.434 e. The van der Waals surface area contributed by atoms with Crippen LogP contribution in [-0.2, 0) is 6.18 Å². The third kappa shape index (κ3) is 4.00. The molecule has 1 aliphatic carbocycles. The molecule has 0 radical (unpaired) electrons. The fraction of sp³-hybridized carbons (Fsp3) is 0.381. The molecule has 8 nitrogen and oxygen atoms in total. The Morgan fingerprint density at radius 3 is 2.55 bits per heavy atom. The second-order valence-electron chi connectivity index (χ2n) is 8.19. The van der Waals surface area contributed by atoms with Crippen LogP contribution in [-0.4, -0.2) is 54.4 Å². The van der Waals surface area contributed by atoms with Gasteiger partial charge in [0, 0.05) is 12.6 Å². The minimum absolute atomic E-state index is 0.0212. The van der Waals surface area contributed by atoms with Crippen LogP contribution >= 0.6 is 0 Å². The van der Waals surface area contributed by atoms with Gasteiger partial charge in [-0.15, -0.1) is 4.80 Å². The Morgan fingerprint density at radius 1 is 1.09 bits per heavy atom. The molecule has 2 aliphatic heterocycles. The molecule has 3 atom stereocenters. The van der Waals surface area contributed by atoms with Gasteiger partial charge in [-0.05, 0) is 37.3 Å². The first-order valence-corrected chi connectivity index (χ1v) is 10.4. The standard InChI is InChI=1S/C21H19F4N7O/c22-14-3-1-2-13(19(14)32-28-6-7-29-32)20(33)31-11-12-4-5-16(31)15(8-12)30-18-10-26-17(9-27-18)21(23,24)25/h1-3,6-7,9-10,12,15-16H,4-5,8,11H2,(H,27,30)/t12?,15?,16-/m1/s1. The number of nitrogens with one attached hydrogen (secondary N) is 1. The lowest BCUT2D eigenvalue weighted by Crippen LogP contribution is -2.60. The smallest absolute Gasteiger partial charge is 0.364 e. The molecule has 3 aromatic rings. The fourth-order valence-corrected chi connectivity index (χ4v) is 4.70. The van der Waals surface area contributed by atoms with E-state index in [9.17, 15) is 22.4 Å². The van der Waals surface area contributed by atoms with Crippen LogP contribution in [0.3, 0.4) is 0 Å². The van der Waals surface area contributed by atoms with Gasteiger partial charge < -0.3 is 10.2 Å². The molecule has 2 unspecified atom stereocenters. The zero-order chi connectivity index (χ0) is 23.2. The number of piperidine rings is 2. The first-order chi connectivity index (χ1) is 15.8. The average Bonchev–Trinajstić information content (AvgIpc) is 3.33. The summed E-state index contributed by atoms with van der Waals surface area (Å²) >= 11 is 0. The first-order valence-electron chi connectivity index (χ1n) is 10.4. The molecule has 1 amide bonds. The lowest BCUT2D eigenvalue weighted by atomic mass is 9.76. The summed E-state index contributed by atoms with van der Waals surface area (Å²) in [5.41, 5.74) is -0.945. The molecule has 0 spiro atoms. The van der Waals surface area contributed by atoms with Crippen molar-refractivity contribution in [2.24, 2.45) is 5.92 Å². The minimum atomic E-state index is -4.56. The number of aromatic nitrogens is 5. The van der Waals surface area contributed by atoms with E-state index < -0.39 is 17.7 Å². The Balaban J connectivity index is 1.40. The van der Waals surface area contributed by atoms with E-state index in [1.807, 2.05) is 0 Å². The van der Waals surface area contributed by atoms with Crippen molar-refractivity contribution in [3.8, 4) is 5.69 Å². The minimum Gasteiger partial charge on any atom is -0.364 e. The highest BCUT2D eigenvalue weighted by Gasteiger charge is 2.44. The van der Waals surface area contributed by atoms with E-state index in [0.29, 0.717) is 19.2 Å². The van der Waals surface area contributed by atoms with Crippen LogP contribution in [0.25, 0.3) is 5.69 Å². The van der Waals surface area contributed by atoms with Crippen LogP contribution in [0, 0.1) is 11.7 Å².